The number of urea groups is 1. The van der Waals surface area contributed by atoms with Crippen LogP contribution in [0.4, 0.5) is 13.6 Å². The van der Waals surface area contributed by atoms with Crippen molar-refractivity contribution in [3.8, 4) is 0 Å². The van der Waals surface area contributed by atoms with Gasteiger partial charge in [0.25, 0.3) is 0 Å². The monoisotopic (exact) mass is 346 g/mol. The van der Waals surface area contributed by atoms with Gasteiger partial charge in [0.2, 0.25) is 0 Å². The maximum atomic E-state index is 13.4. The number of halogens is 2. The van der Waals surface area contributed by atoms with Gasteiger partial charge in [-0.05, 0) is 37.3 Å². The molecule has 0 unspecified atom stereocenters. The van der Waals surface area contributed by atoms with E-state index in [1.165, 1.54) is 18.2 Å². The summed E-state index contributed by atoms with van der Waals surface area (Å²) in [5, 5.41) is 5.20. The molecule has 2 N–H and O–H groups in total. The summed E-state index contributed by atoms with van der Waals surface area (Å²) in [6.07, 6.45) is 1.15. The predicted octanol–water partition coefficient (Wildman–Crippen LogP) is 1.63. The van der Waals surface area contributed by atoms with Gasteiger partial charge in [-0.2, -0.15) is 0 Å². The molecule has 0 radical (unpaired) electrons. The number of carbonyl (C=O) groups excluding carboxylic acids is 1. The van der Waals surface area contributed by atoms with Crippen LogP contribution < -0.4 is 10.6 Å². The van der Waals surface area contributed by atoms with E-state index < -0.39 is 27.5 Å². The summed E-state index contributed by atoms with van der Waals surface area (Å²) in [5.74, 6) is -0.791. The lowest BCUT2D eigenvalue weighted by atomic mass is 10.0. The first-order chi connectivity index (χ1) is 10.9. The van der Waals surface area contributed by atoms with Crippen molar-refractivity contribution in [3.63, 3.8) is 0 Å². The molecule has 8 heteroatoms. The maximum Gasteiger partial charge on any atom is 0.314 e. The number of sulfone groups is 1. The highest BCUT2D eigenvalue weighted by Gasteiger charge is 2.23. The summed E-state index contributed by atoms with van der Waals surface area (Å²) in [4.78, 5) is 11.6. The standard InChI is InChI=1S/C15H20F2N2O3S/c16-13-2-1-3-14(17)12(13)4-7-18-15(20)19-10-11-5-8-23(21,22)9-6-11/h1-3,11H,4-10H2,(H2,18,19,20). The minimum atomic E-state index is -2.91. The van der Waals surface area contributed by atoms with Gasteiger partial charge in [0.1, 0.15) is 21.5 Å². The lowest BCUT2D eigenvalue weighted by Gasteiger charge is -2.22. The Balaban J connectivity index is 1.68. The predicted molar refractivity (Wildman–Crippen MR) is 82.8 cm³/mol. The number of carbonyl (C=O) groups is 1. The van der Waals surface area contributed by atoms with Crippen LogP contribution in [0, 0.1) is 17.6 Å². The smallest absolute Gasteiger partial charge is 0.314 e. The molecule has 1 aromatic rings. The molecule has 1 aromatic carbocycles. The Morgan fingerprint density at radius 2 is 1.74 bits per heavy atom. The molecule has 0 spiro atoms. The zero-order valence-electron chi connectivity index (χ0n) is 12.6. The maximum absolute atomic E-state index is 13.4. The van der Waals surface area contributed by atoms with E-state index in [4.69, 9.17) is 0 Å². The van der Waals surface area contributed by atoms with Crippen molar-refractivity contribution >= 4 is 15.9 Å². The molecule has 0 saturated carbocycles. The fourth-order valence-corrected chi connectivity index (χ4v) is 4.10. The molecule has 5 nitrogen and oxygen atoms in total. The van der Waals surface area contributed by atoms with E-state index in [1.807, 2.05) is 0 Å². The van der Waals surface area contributed by atoms with Crippen LogP contribution in [0.3, 0.4) is 0 Å². The number of rotatable bonds is 5. The third-order valence-corrected chi connectivity index (χ3v) is 5.66. The fraction of sp³-hybridized carbons (Fsp3) is 0.533. The second kappa shape index (κ2) is 7.72. The normalized spacial score (nSPS) is 17.7. The first kappa shape index (κ1) is 17.7. The zero-order valence-corrected chi connectivity index (χ0v) is 13.5. The van der Waals surface area contributed by atoms with Crippen LogP contribution in [0.1, 0.15) is 18.4 Å². The quantitative estimate of drug-likeness (QED) is 0.851. The molecule has 128 valence electrons. The molecule has 1 saturated heterocycles. The van der Waals surface area contributed by atoms with Gasteiger partial charge in [0.05, 0.1) is 11.5 Å². The van der Waals surface area contributed by atoms with Crippen molar-refractivity contribution in [2.75, 3.05) is 24.6 Å². The van der Waals surface area contributed by atoms with Crippen molar-refractivity contribution in [2.24, 2.45) is 5.92 Å². The SMILES string of the molecule is O=C(NCCc1c(F)cccc1F)NCC1CCS(=O)(=O)CC1. The summed E-state index contributed by atoms with van der Waals surface area (Å²) in [6, 6.07) is 3.22. The van der Waals surface area contributed by atoms with E-state index in [1.54, 1.807) is 0 Å². The van der Waals surface area contributed by atoms with E-state index in [-0.39, 0.29) is 36.0 Å². The molecule has 1 aliphatic heterocycles. The molecule has 0 bridgehead atoms. The van der Waals surface area contributed by atoms with Crippen LogP contribution in [-0.4, -0.2) is 39.0 Å². The topological polar surface area (TPSA) is 75.3 Å². The second-order valence-corrected chi connectivity index (χ2v) is 7.99. The van der Waals surface area contributed by atoms with Crippen molar-refractivity contribution < 1.29 is 22.0 Å². The molecule has 0 aromatic heterocycles. The van der Waals surface area contributed by atoms with Gasteiger partial charge in [-0.3, -0.25) is 0 Å². The number of hydrogen-bond donors (Lipinski definition) is 2. The van der Waals surface area contributed by atoms with Crippen molar-refractivity contribution in [1.82, 2.24) is 10.6 Å². The highest BCUT2D eigenvalue weighted by molar-refractivity contribution is 7.91. The van der Waals surface area contributed by atoms with Crippen molar-refractivity contribution in [3.05, 3.63) is 35.4 Å². The molecule has 2 amide bonds. The lowest BCUT2D eigenvalue weighted by molar-refractivity contribution is 0.238. The third-order valence-electron chi connectivity index (χ3n) is 3.95. The van der Waals surface area contributed by atoms with Crippen molar-refractivity contribution in [2.45, 2.75) is 19.3 Å². The Bertz CT molecular complexity index is 630. The Labute approximate surface area is 134 Å². The van der Waals surface area contributed by atoms with E-state index in [0.29, 0.717) is 19.4 Å². The van der Waals surface area contributed by atoms with E-state index >= 15 is 0 Å². The van der Waals surface area contributed by atoms with Crippen LogP contribution in [0.2, 0.25) is 0 Å². The van der Waals surface area contributed by atoms with Crippen LogP contribution in [0.15, 0.2) is 18.2 Å². The minimum Gasteiger partial charge on any atom is -0.338 e. The van der Waals surface area contributed by atoms with E-state index in [2.05, 4.69) is 10.6 Å². The second-order valence-electron chi connectivity index (χ2n) is 5.68. The Morgan fingerprint density at radius 1 is 1.13 bits per heavy atom. The van der Waals surface area contributed by atoms with Gasteiger partial charge in [0, 0.05) is 18.7 Å². The Morgan fingerprint density at radius 3 is 2.35 bits per heavy atom. The van der Waals surface area contributed by atoms with Gasteiger partial charge in [0.15, 0.2) is 0 Å². The summed E-state index contributed by atoms with van der Waals surface area (Å²) in [5.41, 5.74) is -0.0507. The molecule has 23 heavy (non-hydrogen) atoms. The summed E-state index contributed by atoms with van der Waals surface area (Å²) in [6.45, 7) is 0.512. The van der Waals surface area contributed by atoms with Gasteiger partial charge in [-0.25, -0.2) is 22.0 Å². The largest absolute Gasteiger partial charge is 0.338 e. The van der Waals surface area contributed by atoms with Crippen LogP contribution in [-0.2, 0) is 16.3 Å². The van der Waals surface area contributed by atoms with E-state index in [0.717, 1.165) is 0 Å². The fourth-order valence-electron chi connectivity index (χ4n) is 2.51. The van der Waals surface area contributed by atoms with Crippen LogP contribution >= 0.6 is 0 Å². The summed E-state index contributed by atoms with van der Waals surface area (Å²) >= 11 is 0. The van der Waals surface area contributed by atoms with Gasteiger partial charge < -0.3 is 10.6 Å². The molecule has 0 atom stereocenters. The molecular weight excluding hydrogens is 326 g/mol. The molecular formula is C15H20F2N2O3S. The van der Waals surface area contributed by atoms with Gasteiger partial charge in [-0.1, -0.05) is 6.07 Å². The van der Waals surface area contributed by atoms with Crippen LogP contribution in [0.5, 0.6) is 0 Å². The highest BCUT2D eigenvalue weighted by Crippen LogP contribution is 2.17. The molecule has 2 rings (SSSR count). The highest BCUT2D eigenvalue weighted by atomic mass is 32.2. The Hall–Kier alpha value is -1.70. The average molecular weight is 346 g/mol. The summed E-state index contributed by atoms with van der Waals surface area (Å²) in [7, 11) is -2.91. The third kappa shape index (κ3) is 5.46. The van der Waals surface area contributed by atoms with Crippen molar-refractivity contribution in [1.29, 1.82) is 0 Å². The zero-order chi connectivity index (χ0) is 16.9. The molecule has 0 aliphatic carbocycles. The summed E-state index contributed by atoms with van der Waals surface area (Å²) < 4.78 is 49.4. The van der Waals surface area contributed by atoms with Gasteiger partial charge >= 0.3 is 6.03 Å². The average Bonchev–Trinajstić information content (AvgIpc) is 2.49. The Kier molecular flexibility index (Phi) is 5.92. The first-order valence-corrected chi connectivity index (χ1v) is 9.34. The molecule has 1 fully saturated rings. The van der Waals surface area contributed by atoms with Gasteiger partial charge in [-0.15, -0.1) is 0 Å². The molecule has 1 heterocycles. The van der Waals surface area contributed by atoms with E-state index in [9.17, 15) is 22.0 Å². The number of hydrogen-bond acceptors (Lipinski definition) is 3. The lowest BCUT2D eigenvalue weighted by Crippen LogP contribution is -2.40. The number of nitrogens with one attached hydrogen (secondary N) is 2. The first-order valence-electron chi connectivity index (χ1n) is 7.52. The number of benzene rings is 1. The van der Waals surface area contributed by atoms with Crippen LogP contribution in [0.25, 0.3) is 0 Å². The minimum absolute atomic E-state index is 0.0507. The molecule has 1 aliphatic rings. The number of amides is 2.